The van der Waals surface area contributed by atoms with Gasteiger partial charge in [0.25, 0.3) is 0 Å². The standard InChI is InChI=1S/C13H28N2O/c1-3-4-5-6-7-12(10-14)15(2)13-8-9-16-11-13/h12-13H,3-11,14H2,1-2H3. The van der Waals surface area contributed by atoms with Crippen LogP contribution in [0.3, 0.4) is 0 Å². The molecule has 1 heterocycles. The molecule has 1 aliphatic rings. The molecule has 2 unspecified atom stereocenters. The molecule has 0 aromatic heterocycles. The number of rotatable bonds is 8. The van der Waals surface area contributed by atoms with Crippen molar-refractivity contribution in [3.8, 4) is 0 Å². The summed E-state index contributed by atoms with van der Waals surface area (Å²) in [6.07, 6.45) is 7.73. The maximum Gasteiger partial charge on any atom is 0.0622 e. The van der Waals surface area contributed by atoms with E-state index in [0.717, 1.165) is 19.8 Å². The summed E-state index contributed by atoms with van der Waals surface area (Å²) in [6.45, 7) is 4.84. The van der Waals surface area contributed by atoms with Crippen LogP contribution in [0.5, 0.6) is 0 Å². The van der Waals surface area contributed by atoms with Gasteiger partial charge in [0.05, 0.1) is 6.61 Å². The summed E-state index contributed by atoms with van der Waals surface area (Å²) in [6, 6.07) is 1.14. The maximum absolute atomic E-state index is 5.87. The molecule has 1 aliphatic heterocycles. The van der Waals surface area contributed by atoms with E-state index in [0.29, 0.717) is 12.1 Å². The minimum Gasteiger partial charge on any atom is -0.380 e. The van der Waals surface area contributed by atoms with Gasteiger partial charge in [0.1, 0.15) is 0 Å². The molecule has 0 radical (unpaired) electrons. The first-order valence-electron chi connectivity index (χ1n) is 6.79. The van der Waals surface area contributed by atoms with Crippen molar-refractivity contribution in [2.45, 2.75) is 57.5 Å². The highest BCUT2D eigenvalue weighted by atomic mass is 16.5. The van der Waals surface area contributed by atoms with Gasteiger partial charge in [-0.2, -0.15) is 0 Å². The van der Waals surface area contributed by atoms with Gasteiger partial charge in [-0.1, -0.05) is 32.6 Å². The summed E-state index contributed by atoms with van der Waals surface area (Å²) in [5.74, 6) is 0. The van der Waals surface area contributed by atoms with Crippen LogP contribution in [-0.4, -0.2) is 43.8 Å². The summed E-state index contributed by atoms with van der Waals surface area (Å²) in [5, 5.41) is 0. The first-order valence-corrected chi connectivity index (χ1v) is 6.79. The summed E-state index contributed by atoms with van der Waals surface area (Å²) in [5.41, 5.74) is 5.87. The molecule has 0 saturated carbocycles. The molecule has 0 spiro atoms. The van der Waals surface area contributed by atoms with Crippen LogP contribution < -0.4 is 5.73 Å². The molecule has 1 rings (SSSR count). The van der Waals surface area contributed by atoms with E-state index in [1.807, 2.05) is 0 Å². The minimum absolute atomic E-state index is 0.545. The van der Waals surface area contributed by atoms with Crippen molar-refractivity contribution in [3.63, 3.8) is 0 Å². The third kappa shape index (κ3) is 4.40. The lowest BCUT2D eigenvalue weighted by Crippen LogP contribution is -2.44. The third-order valence-electron chi connectivity index (χ3n) is 3.72. The van der Waals surface area contributed by atoms with E-state index < -0.39 is 0 Å². The number of ether oxygens (including phenoxy) is 1. The van der Waals surface area contributed by atoms with Crippen molar-refractivity contribution in [2.24, 2.45) is 5.73 Å². The lowest BCUT2D eigenvalue weighted by molar-refractivity contribution is 0.129. The Balaban J connectivity index is 2.22. The van der Waals surface area contributed by atoms with Crippen LogP contribution in [0, 0.1) is 0 Å². The van der Waals surface area contributed by atoms with Gasteiger partial charge in [-0.15, -0.1) is 0 Å². The molecule has 3 nitrogen and oxygen atoms in total. The average Bonchev–Trinajstić information content (AvgIpc) is 2.82. The zero-order valence-corrected chi connectivity index (χ0v) is 11.0. The van der Waals surface area contributed by atoms with E-state index in [4.69, 9.17) is 10.5 Å². The fourth-order valence-electron chi connectivity index (χ4n) is 2.44. The Labute approximate surface area is 100 Å². The Kier molecular flexibility index (Phi) is 7.01. The fourth-order valence-corrected chi connectivity index (χ4v) is 2.44. The molecule has 0 aromatic rings. The van der Waals surface area contributed by atoms with Crippen molar-refractivity contribution in [1.82, 2.24) is 4.90 Å². The minimum atomic E-state index is 0.545. The highest BCUT2D eigenvalue weighted by Gasteiger charge is 2.24. The van der Waals surface area contributed by atoms with Crippen molar-refractivity contribution in [3.05, 3.63) is 0 Å². The Hall–Kier alpha value is -0.120. The number of hydrogen-bond acceptors (Lipinski definition) is 3. The fraction of sp³-hybridized carbons (Fsp3) is 1.00. The highest BCUT2D eigenvalue weighted by molar-refractivity contribution is 4.79. The van der Waals surface area contributed by atoms with E-state index >= 15 is 0 Å². The van der Waals surface area contributed by atoms with Gasteiger partial charge in [-0.3, -0.25) is 4.90 Å². The van der Waals surface area contributed by atoms with Crippen molar-refractivity contribution in [1.29, 1.82) is 0 Å². The predicted molar refractivity (Wildman–Crippen MR) is 68.6 cm³/mol. The van der Waals surface area contributed by atoms with Crippen molar-refractivity contribution in [2.75, 3.05) is 26.8 Å². The zero-order valence-electron chi connectivity index (χ0n) is 11.0. The lowest BCUT2D eigenvalue weighted by atomic mass is 10.0. The van der Waals surface area contributed by atoms with Crippen LogP contribution >= 0.6 is 0 Å². The summed E-state index contributed by atoms with van der Waals surface area (Å²) < 4.78 is 5.43. The molecule has 0 bridgehead atoms. The maximum atomic E-state index is 5.87. The largest absolute Gasteiger partial charge is 0.380 e. The molecule has 3 heteroatoms. The monoisotopic (exact) mass is 228 g/mol. The summed E-state index contributed by atoms with van der Waals surface area (Å²) in [7, 11) is 2.21. The number of likely N-dealkylation sites (N-methyl/N-ethyl adjacent to an activating group) is 1. The van der Waals surface area contributed by atoms with Crippen molar-refractivity contribution >= 4 is 0 Å². The Bertz CT molecular complexity index is 169. The quantitative estimate of drug-likeness (QED) is 0.646. The number of nitrogens with zero attached hydrogens (tertiary/aromatic N) is 1. The summed E-state index contributed by atoms with van der Waals surface area (Å²) in [4.78, 5) is 2.44. The number of unbranched alkanes of at least 4 members (excludes halogenated alkanes) is 3. The molecular weight excluding hydrogens is 200 g/mol. The third-order valence-corrected chi connectivity index (χ3v) is 3.72. The van der Waals surface area contributed by atoms with Gasteiger partial charge in [0, 0.05) is 25.2 Å². The van der Waals surface area contributed by atoms with Gasteiger partial charge in [0.15, 0.2) is 0 Å². The van der Waals surface area contributed by atoms with E-state index in [-0.39, 0.29) is 0 Å². The van der Waals surface area contributed by atoms with E-state index in [2.05, 4.69) is 18.9 Å². The Morgan fingerprint density at radius 2 is 2.19 bits per heavy atom. The van der Waals surface area contributed by atoms with E-state index in [1.165, 1.54) is 38.5 Å². The Morgan fingerprint density at radius 1 is 1.38 bits per heavy atom. The Morgan fingerprint density at radius 3 is 2.75 bits per heavy atom. The average molecular weight is 228 g/mol. The molecule has 2 atom stereocenters. The number of nitrogens with two attached hydrogens (primary N) is 1. The first-order chi connectivity index (χ1) is 7.79. The second kappa shape index (κ2) is 8.04. The molecular formula is C13H28N2O. The van der Waals surface area contributed by atoms with Crippen LogP contribution in [0.25, 0.3) is 0 Å². The molecule has 1 fully saturated rings. The summed E-state index contributed by atoms with van der Waals surface area (Å²) >= 11 is 0. The van der Waals surface area contributed by atoms with Gasteiger partial charge >= 0.3 is 0 Å². The van der Waals surface area contributed by atoms with Gasteiger partial charge in [0.2, 0.25) is 0 Å². The predicted octanol–water partition coefficient (Wildman–Crippen LogP) is 2.00. The van der Waals surface area contributed by atoms with Gasteiger partial charge in [-0.25, -0.2) is 0 Å². The topological polar surface area (TPSA) is 38.5 Å². The zero-order chi connectivity index (χ0) is 11.8. The number of hydrogen-bond donors (Lipinski definition) is 1. The second-order valence-corrected chi connectivity index (χ2v) is 4.92. The van der Waals surface area contributed by atoms with Crippen LogP contribution in [0.1, 0.15) is 45.4 Å². The van der Waals surface area contributed by atoms with Crippen LogP contribution in [-0.2, 0) is 4.74 Å². The smallest absolute Gasteiger partial charge is 0.0622 e. The van der Waals surface area contributed by atoms with Crippen LogP contribution in [0.4, 0.5) is 0 Å². The molecule has 0 aromatic carbocycles. The lowest BCUT2D eigenvalue weighted by Gasteiger charge is -2.31. The van der Waals surface area contributed by atoms with E-state index in [9.17, 15) is 0 Å². The molecule has 0 aliphatic carbocycles. The molecule has 2 N–H and O–H groups in total. The van der Waals surface area contributed by atoms with Crippen molar-refractivity contribution < 1.29 is 4.74 Å². The molecule has 1 saturated heterocycles. The molecule has 16 heavy (non-hydrogen) atoms. The normalized spacial score (nSPS) is 22.9. The van der Waals surface area contributed by atoms with Gasteiger partial charge in [-0.05, 0) is 19.9 Å². The van der Waals surface area contributed by atoms with E-state index in [1.54, 1.807) is 0 Å². The SMILES string of the molecule is CCCCCCC(CN)N(C)C1CCOC1. The first kappa shape index (κ1) is 13.9. The van der Waals surface area contributed by atoms with Crippen LogP contribution in [0.15, 0.2) is 0 Å². The van der Waals surface area contributed by atoms with Gasteiger partial charge < -0.3 is 10.5 Å². The highest BCUT2D eigenvalue weighted by Crippen LogP contribution is 2.16. The molecule has 96 valence electrons. The molecule has 0 amide bonds. The van der Waals surface area contributed by atoms with Crippen LogP contribution in [0.2, 0.25) is 0 Å². The second-order valence-electron chi connectivity index (χ2n) is 4.92.